The molecular formula is C16H26N6S. The lowest BCUT2D eigenvalue weighted by atomic mass is 10.1. The summed E-state index contributed by atoms with van der Waals surface area (Å²) in [5, 5.41) is 12.2. The summed E-state index contributed by atoms with van der Waals surface area (Å²) in [5.74, 6) is 0.803. The molecule has 0 aliphatic carbocycles. The molecule has 2 heterocycles. The van der Waals surface area contributed by atoms with Crippen molar-refractivity contribution in [3.63, 3.8) is 0 Å². The van der Waals surface area contributed by atoms with E-state index in [0.29, 0.717) is 6.54 Å². The summed E-state index contributed by atoms with van der Waals surface area (Å²) in [4.78, 5) is 9.98. The third-order valence-corrected chi connectivity index (χ3v) is 5.05. The average molecular weight is 334 g/mol. The number of nitrogens with one attached hydrogen (secondary N) is 2. The molecule has 0 saturated carbocycles. The Morgan fingerprint density at radius 3 is 2.70 bits per heavy atom. The maximum atomic E-state index is 4.45. The minimum atomic E-state index is 0.704. The van der Waals surface area contributed by atoms with E-state index in [1.54, 1.807) is 18.4 Å². The summed E-state index contributed by atoms with van der Waals surface area (Å²) < 4.78 is 1.94. The van der Waals surface area contributed by atoms with Crippen molar-refractivity contribution in [3.8, 4) is 0 Å². The van der Waals surface area contributed by atoms with Crippen molar-refractivity contribution in [3.05, 3.63) is 33.0 Å². The largest absolute Gasteiger partial charge is 0.356 e. The van der Waals surface area contributed by atoms with Gasteiger partial charge in [-0.1, -0.05) is 6.92 Å². The molecule has 0 saturated heterocycles. The molecule has 0 spiro atoms. The maximum Gasteiger partial charge on any atom is 0.191 e. The average Bonchev–Trinajstić information content (AvgIpc) is 3.10. The fourth-order valence-corrected chi connectivity index (χ4v) is 3.26. The fraction of sp³-hybridized carbons (Fsp3) is 0.562. The molecule has 2 rings (SSSR count). The normalized spacial score (nSPS) is 11.8. The van der Waals surface area contributed by atoms with Gasteiger partial charge in [-0.15, -0.1) is 11.3 Å². The van der Waals surface area contributed by atoms with Crippen LogP contribution in [0.5, 0.6) is 0 Å². The molecule has 2 aromatic heterocycles. The maximum absolute atomic E-state index is 4.45. The fourth-order valence-electron chi connectivity index (χ4n) is 2.46. The second-order valence-corrected chi connectivity index (χ2v) is 6.65. The van der Waals surface area contributed by atoms with Gasteiger partial charge in [0.1, 0.15) is 5.01 Å². The van der Waals surface area contributed by atoms with Crippen LogP contribution in [-0.2, 0) is 26.4 Å². The van der Waals surface area contributed by atoms with E-state index in [2.05, 4.69) is 46.5 Å². The Hall–Kier alpha value is -1.89. The first-order chi connectivity index (χ1) is 11.0. The van der Waals surface area contributed by atoms with E-state index in [9.17, 15) is 0 Å². The molecule has 2 aromatic rings. The Morgan fingerprint density at radius 2 is 2.13 bits per heavy atom. The Bertz CT molecular complexity index is 670. The SMILES string of the molecule is CCc1cnc(CNC(=NC)NCCc2c(C)nn(C)c2C)s1. The molecule has 0 radical (unpaired) electrons. The molecule has 0 fully saturated rings. The number of hydrogen-bond acceptors (Lipinski definition) is 4. The molecule has 23 heavy (non-hydrogen) atoms. The minimum absolute atomic E-state index is 0.704. The number of aliphatic imine (C=N–C) groups is 1. The van der Waals surface area contributed by atoms with Crippen LogP contribution in [0.1, 0.15) is 33.8 Å². The number of guanidine groups is 1. The molecule has 7 heteroatoms. The van der Waals surface area contributed by atoms with Crippen LogP contribution in [0.2, 0.25) is 0 Å². The first-order valence-electron chi connectivity index (χ1n) is 7.92. The summed E-state index contributed by atoms with van der Waals surface area (Å²) in [5.41, 5.74) is 3.63. The molecular weight excluding hydrogens is 308 g/mol. The van der Waals surface area contributed by atoms with Crippen LogP contribution < -0.4 is 10.6 Å². The highest BCUT2D eigenvalue weighted by atomic mass is 32.1. The predicted molar refractivity (Wildman–Crippen MR) is 96.1 cm³/mol. The first kappa shape index (κ1) is 17.5. The van der Waals surface area contributed by atoms with Crippen molar-refractivity contribution in [1.82, 2.24) is 25.4 Å². The van der Waals surface area contributed by atoms with Crippen LogP contribution in [0.3, 0.4) is 0 Å². The summed E-state index contributed by atoms with van der Waals surface area (Å²) >= 11 is 1.75. The van der Waals surface area contributed by atoms with Gasteiger partial charge in [0.25, 0.3) is 0 Å². The van der Waals surface area contributed by atoms with E-state index in [-0.39, 0.29) is 0 Å². The Labute approximate surface area is 142 Å². The van der Waals surface area contributed by atoms with E-state index in [0.717, 1.165) is 36.0 Å². The Morgan fingerprint density at radius 1 is 1.35 bits per heavy atom. The van der Waals surface area contributed by atoms with Gasteiger partial charge in [-0.05, 0) is 32.3 Å². The van der Waals surface area contributed by atoms with Gasteiger partial charge >= 0.3 is 0 Å². The van der Waals surface area contributed by atoms with E-state index in [1.165, 1.54) is 16.1 Å². The van der Waals surface area contributed by atoms with Gasteiger partial charge in [0.15, 0.2) is 5.96 Å². The Balaban J connectivity index is 1.81. The van der Waals surface area contributed by atoms with Crippen LogP contribution in [-0.4, -0.2) is 34.3 Å². The third-order valence-electron chi connectivity index (χ3n) is 3.91. The second kappa shape index (κ2) is 8.10. The van der Waals surface area contributed by atoms with Crippen LogP contribution in [0, 0.1) is 13.8 Å². The van der Waals surface area contributed by atoms with Crippen molar-refractivity contribution in [2.45, 2.75) is 40.2 Å². The van der Waals surface area contributed by atoms with E-state index in [1.807, 2.05) is 17.9 Å². The lowest BCUT2D eigenvalue weighted by Gasteiger charge is -2.11. The van der Waals surface area contributed by atoms with Crippen LogP contribution in [0.4, 0.5) is 0 Å². The summed E-state index contributed by atoms with van der Waals surface area (Å²) in [6.07, 6.45) is 3.92. The van der Waals surface area contributed by atoms with Gasteiger partial charge < -0.3 is 10.6 Å². The molecule has 0 aromatic carbocycles. The van der Waals surface area contributed by atoms with Gasteiger partial charge in [-0.2, -0.15) is 5.10 Å². The molecule has 0 bridgehead atoms. The third kappa shape index (κ3) is 4.54. The zero-order valence-corrected chi connectivity index (χ0v) is 15.4. The minimum Gasteiger partial charge on any atom is -0.356 e. The van der Waals surface area contributed by atoms with Gasteiger partial charge in [-0.25, -0.2) is 4.98 Å². The highest BCUT2D eigenvalue weighted by Crippen LogP contribution is 2.13. The standard InChI is InChI=1S/C16H26N6S/c1-6-13-9-19-15(23-13)10-20-16(17-4)18-8-7-14-11(2)21-22(5)12(14)3/h9H,6-8,10H2,1-5H3,(H2,17,18,20). The number of thiazole rings is 1. The van der Waals surface area contributed by atoms with Crippen molar-refractivity contribution >= 4 is 17.3 Å². The number of rotatable bonds is 6. The molecule has 2 N–H and O–H groups in total. The van der Waals surface area contributed by atoms with Gasteiger partial charge in [0.05, 0.1) is 12.2 Å². The van der Waals surface area contributed by atoms with Crippen molar-refractivity contribution in [2.24, 2.45) is 12.0 Å². The van der Waals surface area contributed by atoms with E-state index < -0.39 is 0 Å². The van der Waals surface area contributed by atoms with Gasteiger partial charge in [0, 0.05) is 37.4 Å². The predicted octanol–water partition coefficient (Wildman–Crippen LogP) is 1.96. The number of hydrogen-bond donors (Lipinski definition) is 2. The smallest absolute Gasteiger partial charge is 0.191 e. The van der Waals surface area contributed by atoms with Crippen molar-refractivity contribution in [2.75, 3.05) is 13.6 Å². The molecule has 0 unspecified atom stereocenters. The molecule has 6 nitrogen and oxygen atoms in total. The summed E-state index contributed by atoms with van der Waals surface area (Å²) in [6, 6.07) is 0. The molecule has 0 aliphatic heterocycles. The highest BCUT2D eigenvalue weighted by molar-refractivity contribution is 7.11. The van der Waals surface area contributed by atoms with E-state index >= 15 is 0 Å². The topological polar surface area (TPSA) is 67.1 Å². The molecule has 0 atom stereocenters. The molecule has 126 valence electrons. The molecule has 0 amide bonds. The lowest BCUT2D eigenvalue weighted by molar-refractivity contribution is 0.728. The summed E-state index contributed by atoms with van der Waals surface area (Å²) in [6.45, 7) is 7.84. The quantitative estimate of drug-likeness (QED) is 0.626. The number of aromatic nitrogens is 3. The van der Waals surface area contributed by atoms with Crippen molar-refractivity contribution < 1.29 is 0 Å². The second-order valence-electron chi connectivity index (χ2n) is 5.45. The number of nitrogens with zero attached hydrogens (tertiary/aromatic N) is 4. The lowest BCUT2D eigenvalue weighted by Crippen LogP contribution is -2.37. The zero-order valence-electron chi connectivity index (χ0n) is 14.6. The van der Waals surface area contributed by atoms with E-state index in [4.69, 9.17) is 0 Å². The summed E-state index contributed by atoms with van der Waals surface area (Å²) in [7, 11) is 3.77. The monoisotopic (exact) mass is 334 g/mol. The van der Waals surface area contributed by atoms with Crippen LogP contribution >= 0.6 is 11.3 Å². The molecule has 0 aliphatic rings. The number of aryl methyl sites for hydroxylation is 3. The van der Waals surface area contributed by atoms with Crippen LogP contribution in [0.15, 0.2) is 11.2 Å². The highest BCUT2D eigenvalue weighted by Gasteiger charge is 2.09. The van der Waals surface area contributed by atoms with Crippen molar-refractivity contribution in [1.29, 1.82) is 0 Å². The van der Waals surface area contributed by atoms with Crippen LogP contribution in [0.25, 0.3) is 0 Å². The zero-order chi connectivity index (χ0) is 16.8. The van der Waals surface area contributed by atoms with Gasteiger partial charge in [-0.3, -0.25) is 9.67 Å². The van der Waals surface area contributed by atoms with Gasteiger partial charge in [0.2, 0.25) is 0 Å². The first-order valence-corrected chi connectivity index (χ1v) is 8.74. The Kier molecular flexibility index (Phi) is 6.15.